The monoisotopic (exact) mass is 212 g/mol. The molecule has 14 heavy (non-hydrogen) atoms. The Hall–Kier alpha value is -0.550. The van der Waals surface area contributed by atoms with Crippen molar-refractivity contribution >= 4 is 9.24 Å². The van der Waals surface area contributed by atoms with Crippen LogP contribution in [0.4, 0.5) is 0 Å². The summed E-state index contributed by atoms with van der Waals surface area (Å²) in [5.74, 6) is 0.977. The second-order valence-corrected chi connectivity index (χ2v) is 3.93. The third kappa shape index (κ3) is 5.99. The van der Waals surface area contributed by atoms with Gasteiger partial charge in [0.2, 0.25) is 0 Å². The van der Waals surface area contributed by atoms with E-state index in [1.807, 2.05) is 19.9 Å². The van der Waals surface area contributed by atoms with Crippen LogP contribution in [-0.4, -0.2) is 6.61 Å². The van der Waals surface area contributed by atoms with Gasteiger partial charge in [-0.1, -0.05) is 31.6 Å². The Morgan fingerprint density at radius 2 is 2.07 bits per heavy atom. The maximum Gasteiger partial charge on any atom is 0.1000 e. The van der Waals surface area contributed by atoms with Crippen LogP contribution in [0.2, 0.25) is 0 Å². The largest absolute Gasteiger partial charge is 0.498 e. The van der Waals surface area contributed by atoms with E-state index in [-0.39, 0.29) is 0 Å². The van der Waals surface area contributed by atoms with E-state index in [1.54, 1.807) is 0 Å². The van der Waals surface area contributed by atoms with Crippen molar-refractivity contribution in [2.24, 2.45) is 0 Å². The first-order chi connectivity index (χ1) is 6.61. The van der Waals surface area contributed by atoms with Crippen LogP contribution in [0.5, 0.6) is 0 Å². The van der Waals surface area contributed by atoms with Crippen LogP contribution in [0.15, 0.2) is 35.4 Å². The van der Waals surface area contributed by atoms with Gasteiger partial charge in [0.05, 0.1) is 12.4 Å². The minimum atomic E-state index is 0.807. The third-order valence-corrected chi connectivity index (χ3v) is 2.50. The van der Waals surface area contributed by atoms with Crippen molar-refractivity contribution in [3.05, 3.63) is 35.4 Å². The van der Waals surface area contributed by atoms with E-state index in [0.29, 0.717) is 0 Å². The highest BCUT2D eigenvalue weighted by Gasteiger charge is 1.95. The van der Waals surface area contributed by atoms with Crippen molar-refractivity contribution in [1.29, 1.82) is 0 Å². The number of rotatable bonds is 6. The average molecular weight is 212 g/mol. The maximum absolute atomic E-state index is 5.57. The van der Waals surface area contributed by atoms with Gasteiger partial charge >= 0.3 is 0 Å². The Bertz CT molecular complexity index is 239. The van der Waals surface area contributed by atoms with E-state index in [1.165, 1.54) is 6.42 Å². The Kier molecular flexibility index (Phi) is 7.51. The van der Waals surface area contributed by atoms with Crippen LogP contribution >= 0.6 is 9.24 Å². The lowest BCUT2D eigenvalue weighted by molar-refractivity contribution is 0.208. The first kappa shape index (κ1) is 13.4. The minimum Gasteiger partial charge on any atom is -0.498 e. The molecule has 0 aromatic rings. The Morgan fingerprint density at radius 1 is 1.43 bits per heavy atom. The molecule has 0 aromatic carbocycles. The topological polar surface area (TPSA) is 9.23 Å². The SMILES string of the molecule is C=C/C(C)=C\C(P)=C(/C)OCCCC. The molecule has 0 aromatic heterocycles. The number of hydrogen-bond acceptors (Lipinski definition) is 1. The molecule has 1 unspecified atom stereocenters. The molecule has 0 amide bonds. The van der Waals surface area contributed by atoms with Crippen LogP contribution in [-0.2, 0) is 4.74 Å². The normalized spacial score (nSPS) is 13.6. The van der Waals surface area contributed by atoms with Crippen LogP contribution < -0.4 is 0 Å². The molecule has 1 atom stereocenters. The van der Waals surface area contributed by atoms with Crippen molar-refractivity contribution in [3.8, 4) is 0 Å². The Morgan fingerprint density at radius 3 is 2.57 bits per heavy atom. The molecule has 0 heterocycles. The summed E-state index contributed by atoms with van der Waals surface area (Å²) in [6.07, 6.45) is 6.17. The lowest BCUT2D eigenvalue weighted by Crippen LogP contribution is -1.92. The minimum absolute atomic E-state index is 0.807. The van der Waals surface area contributed by atoms with E-state index < -0.39 is 0 Å². The molecule has 0 radical (unpaired) electrons. The van der Waals surface area contributed by atoms with Crippen molar-refractivity contribution < 1.29 is 4.74 Å². The molecular formula is C12H21OP. The summed E-state index contributed by atoms with van der Waals surface area (Å²) >= 11 is 0. The maximum atomic E-state index is 5.57. The lowest BCUT2D eigenvalue weighted by atomic mass is 10.2. The molecule has 0 bridgehead atoms. The third-order valence-electron chi connectivity index (χ3n) is 1.93. The molecular weight excluding hydrogens is 191 g/mol. The van der Waals surface area contributed by atoms with Gasteiger partial charge in [0, 0.05) is 5.31 Å². The highest BCUT2D eigenvalue weighted by molar-refractivity contribution is 7.23. The molecule has 0 aliphatic carbocycles. The summed E-state index contributed by atoms with van der Waals surface area (Å²) < 4.78 is 5.57. The first-order valence-corrected chi connectivity index (χ1v) is 5.59. The highest BCUT2D eigenvalue weighted by Crippen LogP contribution is 2.17. The fourth-order valence-electron chi connectivity index (χ4n) is 0.859. The summed E-state index contributed by atoms with van der Waals surface area (Å²) in [5.41, 5.74) is 1.15. The molecule has 1 nitrogen and oxygen atoms in total. The van der Waals surface area contributed by atoms with Crippen molar-refractivity contribution in [1.82, 2.24) is 0 Å². The zero-order valence-electron chi connectivity index (χ0n) is 9.47. The highest BCUT2D eigenvalue weighted by atomic mass is 31.0. The Labute approximate surface area is 90.1 Å². The molecule has 80 valence electrons. The second-order valence-electron chi connectivity index (χ2n) is 3.31. The molecule has 0 saturated carbocycles. The van der Waals surface area contributed by atoms with Crippen molar-refractivity contribution in [3.63, 3.8) is 0 Å². The number of allylic oxidation sites excluding steroid dienone is 5. The molecule has 0 N–H and O–H groups in total. The average Bonchev–Trinajstić information content (AvgIpc) is 2.17. The van der Waals surface area contributed by atoms with Gasteiger partial charge in [0.15, 0.2) is 0 Å². The first-order valence-electron chi connectivity index (χ1n) is 5.01. The van der Waals surface area contributed by atoms with Crippen LogP contribution in [0.25, 0.3) is 0 Å². The summed E-state index contributed by atoms with van der Waals surface area (Å²) in [6, 6.07) is 0. The van der Waals surface area contributed by atoms with Crippen molar-refractivity contribution in [2.45, 2.75) is 33.6 Å². The van der Waals surface area contributed by atoms with Gasteiger partial charge in [0.1, 0.15) is 0 Å². The summed E-state index contributed by atoms with van der Waals surface area (Å²) in [4.78, 5) is 0. The Balaban J connectivity index is 4.21. The smallest absolute Gasteiger partial charge is 0.1000 e. The fourth-order valence-corrected chi connectivity index (χ4v) is 1.20. The number of ether oxygens (including phenoxy) is 1. The molecule has 0 rings (SSSR count). The summed E-state index contributed by atoms with van der Waals surface area (Å²) in [5, 5.41) is 1.10. The molecule has 0 spiro atoms. The number of hydrogen-bond donors (Lipinski definition) is 0. The molecule has 0 fully saturated rings. The lowest BCUT2D eigenvalue weighted by Gasteiger charge is -2.07. The van der Waals surface area contributed by atoms with Gasteiger partial charge in [-0.25, -0.2) is 0 Å². The van der Waals surface area contributed by atoms with E-state index in [4.69, 9.17) is 4.74 Å². The summed E-state index contributed by atoms with van der Waals surface area (Å²) in [7, 11) is 2.69. The van der Waals surface area contributed by atoms with Gasteiger partial charge in [0.25, 0.3) is 0 Å². The van der Waals surface area contributed by atoms with Crippen molar-refractivity contribution in [2.75, 3.05) is 6.61 Å². The molecule has 0 aliphatic rings. The zero-order valence-corrected chi connectivity index (χ0v) is 10.6. The standard InChI is InChI=1S/C12H21OP/c1-5-7-8-13-11(4)12(14)9-10(3)6-2/h6,9H,2,5,7-8,14H2,1,3-4H3/b10-9-,12-11-. The van der Waals surface area contributed by atoms with Crippen LogP contribution in [0.3, 0.4) is 0 Å². The quantitative estimate of drug-likeness (QED) is 0.279. The van der Waals surface area contributed by atoms with E-state index in [0.717, 1.165) is 29.7 Å². The predicted octanol–water partition coefficient (Wildman–Crippen LogP) is 4.04. The second kappa shape index (κ2) is 7.82. The van der Waals surface area contributed by atoms with Crippen LogP contribution in [0.1, 0.15) is 33.6 Å². The van der Waals surface area contributed by atoms with Crippen LogP contribution in [0, 0.1) is 0 Å². The molecule has 0 aliphatic heterocycles. The molecule has 0 saturated heterocycles. The van der Waals surface area contributed by atoms with E-state index >= 15 is 0 Å². The summed E-state index contributed by atoms with van der Waals surface area (Å²) in [6.45, 7) is 10.7. The van der Waals surface area contributed by atoms with E-state index in [2.05, 4.69) is 28.8 Å². The van der Waals surface area contributed by atoms with Gasteiger partial charge in [-0.2, -0.15) is 0 Å². The van der Waals surface area contributed by atoms with Gasteiger partial charge in [-0.15, -0.1) is 9.24 Å². The number of unbranched alkanes of at least 4 members (excludes halogenated alkanes) is 1. The molecule has 2 heteroatoms. The van der Waals surface area contributed by atoms with Gasteiger partial charge < -0.3 is 4.74 Å². The van der Waals surface area contributed by atoms with Gasteiger partial charge in [-0.3, -0.25) is 0 Å². The predicted molar refractivity (Wildman–Crippen MR) is 67.2 cm³/mol. The fraction of sp³-hybridized carbons (Fsp3) is 0.500. The van der Waals surface area contributed by atoms with E-state index in [9.17, 15) is 0 Å². The van der Waals surface area contributed by atoms with Gasteiger partial charge in [-0.05, 0) is 26.3 Å². The zero-order chi connectivity index (χ0) is 11.0.